The second kappa shape index (κ2) is 6.97. The number of esters is 1. The molecule has 20 heavy (non-hydrogen) atoms. The van der Waals surface area contributed by atoms with Gasteiger partial charge in [-0.2, -0.15) is 0 Å². The van der Waals surface area contributed by atoms with Gasteiger partial charge in [-0.15, -0.1) is 0 Å². The molecule has 1 aromatic carbocycles. The lowest BCUT2D eigenvalue weighted by atomic mass is 9.95. The van der Waals surface area contributed by atoms with E-state index in [2.05, 4.69) is 16.6 Å². The number of ether oxygens (including phenoxy) is 3. The van der Waals surface area contributed by atoms with Crippen molar-refractivity contribution in [3.05, 3.63) is 29.3 Å². The molecular weight excluding hydrogens is 256 g/mol. The van der Waals surface area contributed by atoms with Crippen LogP contribution in [0.4, 0.5) is 0 Å². The summed E-state index contributed by atoms with van der Waals surface area (Å²) in [4.78, 5) is 11.5. The molecule has 4 heteroatoms. The monoisotopic (exact) mass is 276 g/mol. The van der Waals surface area contributed by atoms with Crippen LogP contribution in [0.15, 0.2) is 18.2 Å². The van der Waals surface area contributed by atoms with Gasteiger partial charge in [-0.3, -0.25) is 0 Å². The first kappa shape index (κ1) is 16.1. The number of carbonyl (C=O) groups excluding carboxylic acids is 1. The summed E-state index contributed by atoms with van der Waals surface area (Å²) in [6, 6.07) is 5.04. The first-order valence-corrected chi connectivity index (χ1v) is 6.22. The molecule has 0 heterocycles. The Balaban J connectivity index is 3.08. The molecule has 0 aromatic heterocycles. The molecular formula is C16H20O4. The van der Waals surface area contributed by atoms with E-state index in [1.54, 1.807) is 32.4 Å². The van der Waals surface area contributed by atoms with Crippen LogP contribution in [0.5, 0.6) is 5.75 Å². The van der Waals surface area contributed by atoms with Crippen LogP contribution in [0.3, 0.4) is 0 Å². The fourth-order valence-electron chi connectivity index (χ4n) is 1.67. The Morgan fingerprint density at radius 2 is 1.95 bits per heavy atom. The van der Waals surface area contributed by atoms with Gasteiger partial charge in [0, 0.05) is 12.5 Å². The third kappa shape index (κ3) is 4.29. The van der Waals surface area contributed by atoms with Gasteiger partial charge in [0.25, 0.3) is 0 Å². The fraction of sp³-hybridized carbons (Fsp3) is 0.438. The average Bonchev–Trinajstić information content (AvgIpc) is 2.44. The van der Waals surface area contributed by atoms with Crippen molar-refractivity contribution in [1.29, 1.82) is 0 Å². The highest BCUT2D eigenvalue weighted by atomic mass is 16.5. The van der Waals surface area contributed by atoms with Crippen molar-refractivity contribution in [1.82, 2.24) is 0 Å². The molecule has 0 atom stereocenters. The predicted octanol–water partition coefficient (Wildman–Crippen LogP) is 2.51. The molecule has 0 spiro atoms. The maximum Gasteiger partial charge on any atom is 0.337 e. The van der Waals surface area contributed by atoms with Crippen molar-refractivity contribution in [3.8, 4) is 17.6 Å². The third-order valence-electron chi connectivity index (χ3n) is 2.66. The minimum absolute atomic E-state index is 0.249. The summed E-state index contributed by atoms with van der Waals surface area (Å²) in [6.45, 7) is 4.54. The number of carbonyl (C=O) groups is 1. The Labute approximate surface area is 120 Å². The van der Waals surface area contributed by atoms with Gasteiger partial charge in [0.15, 0.2) is 0 Å². The Morgan fingerprint density at radius 3 is 2.50 bits per heavy atom. The van der Waals surface area contributed by atoms with Crippen molar-refractivity contribution < 1.29 is 19.0 Å². The SMILES string of the molecule is COCC(C)(C)C#Cc1ccc(C(=O)OC)cc1OC. The van der Waals surface area contributed by atoms with Gasteiger partial charge in [0.1, 0.15) is 5.75 Å². The fourth-order valence-corrected chi connectivity index (χ4v) is 1.67. The van der Waals surface area contributed by atoms with E-state index in [4.69, 9.17) is 9.47 Å². The maximum atomic E-state index is 11.5. The molecule has 0 aliphatic heterocycles. The summed E-state index contributed by atoms with van der Waals surface area (Å²) in [5.74, 6) is 6.36. The summed E-state index contributed by atoms with van der Waals surface area (Å²) >= 11 is 0. The van der Waals surface area contributed by atoms with Crippen LogP contribution < -0.4 is 4.74 Å². The highest BCUT2D eigenvalue weighted by Crippen LogP contribution is 2.21. The van der Waals surface area contributed by atoms with Crippen LogP contribution in [0.25, 0.3) is 0 Å². The van der Waals surface area contributed by atoms with Crippen LogP contribution >= 0.6 is 0 Å². The molecule has 0 radical (unpaired) electrons. The summed E-state index contributed by atoms with van der Waals surface area (Å²) in [5.41, 5.74) is 0.913. The highest BCUT2D eigenvalue weighted by molar-refractivity contribution is 5.90. The molecule has 0 unspecified atom stereocenters. The van der Waals surface area contributed by atoms with Crippen LogP contribution in [0.1, 0.15) is 29.8 Å². The molecule has 0 saturated carbocycles. The van der Waals surface area contributed by atoms with Crippen molar-refractivity contribution in [2.45, 2.75) is 13.8 Å². The van der Waals surface area contributed by atoms with Crippen LogP contribution in [-0.2, 0) is 9.47 Å². The van der Waals surface area contributed by atoms with Crippen LogP contribution in [0.2, 0.25) is 0 Å². The van der Waals surface area contributed by atoms with E-state index in [0.29, 0.717) is 17.9 Å². The Kier molecular flexibility index (Phi) is 5.60. The standard InChI is InChI=1S/C16H20O4/c1-16(2,11-18-3)9-8-12-6-7-13(15(17)20-5)10-14(12)19-4/h6-7,10H,11H2,1-5H3. The van der Waals surface area contributed by atoms with Crippen molar-refractivity contribution >= 4 is 5.97 Å². The first-order chi connectivity index (χ1) is 9.43. The number of hydrogen-bond acceptors (Lipinski definition) is 4. The van der Waals surface area contributed by atoms with Crippen LogP contribution in [0, 0.1) is 17.3 Å². The first-order valence-electron chi connectivity index (χ1n) is 6.22. The van der Waals surface area contributed by atoms with Crippen molar-refractivity contribution in [3.63, 3.8) is 0 Å². The van der Waals surface area contributed by atoms with E-state index in [1.807, 2.05) is 13.8 Å². The summed E-state index contributed by atoms with van der Waals surface area (Å²) in [5, 5.41) is 0. The molecule has 108 valence electrons. The zero-order valence-electron chi connectivity index (χ0n) is 12.6. The Bertz CT molecular complexity index is 535. The molecule has 4 nitrogen and oxygen atoms in total. The topological polar surface area (TPSA) is 44.8 Å². The minimum atomic E-state index is -0.400. The molecule has 0 bridgehead atoms. The maximum absolute atomic E-state index is 11.5. The van der Waals surface area contributed by atoms with Gasteiger partial charge in [-0.1, -0.05) is 11.8 Å². The zero-order chi connectivity index (χ0) is 15.2. The molecule has 0 aliphatic rings. The van der Waals surface area contributed by atoms with Gasteiger partial charge < -0.3 is 14.2 Å². The molecule has 0 N–H and O–H groups in total. The van der Waals surface area contributed by atoms with Gasteiger partial charge >= 0.3 is 5.97 Å². The molecule has 1 rings (SSSR count). The lowest BCUT2D eigenvalue weighted by molar-refractivity contribution is 0.0600. The Hall–Kier alpha value is -1.99. The second-order valence-corrected chi connectivity index (χ2v) is 4.97. The van der Waals surface area contributed by atoms with Crippen LogP contribution in [-0.4, -0.2) is 33.9 Å². The smallest absolute Gasteiger partial charge is 0.337 e. The van der Waals surface area contributed by atoms with E-state index in [0.717, 1.165) is 5.56 Å². The number of hydrogen-bond donors (Lipinski definition) is 0. The normalized spacial score (nSPS) is 10.4. The van der Waals surface area contributed by atoms with Crippen molar-refractivity contribution in [2.24, 2.45) is 5.41 Å². The molecule has 0 aliphatic carbocycles. The summed E-state index contributed by atoms with van der Waals surface area (Å²) in [6.07, 6.45) is 0. The van der Waals surface area contributed by atoms with Crippen molar-refractivity contribution in [2.75, 3.05) is 27.9 Å². The summed E-state index contributed by atoms with van der Waals surface area (Å²) in [7, 11) is 4.53. The average molecular weight is 276 g/mol. The molecule has 1 aromatic rings. The second-order valence-electron chi connectivity index (χ2n) is 4.97. The quantitative estimate of drug-likeness (QED) is 0.626. The van der Waals surface area contributed by atoms with E-state index in [9.17, 15) is 4.79 Å². The van der Waals surface area contributed by atoms with Gasteiger partial charge in [0.2, 0.25) is 0 Å². The van der Waals surface area contributed by atoms with E-state index >= 15 is 0 Å². The van der Waals surface area contributed by atoms with Gasteiger partial charge in [0.05, 0.1) is 32.0 Å². The minimum Gasteiger partial charge on any atom is -0.495 e. The largest absolute Gasteiger partial charge is 0.495 e. The molecule has 0 fully saturated rings. The lowest BCUT2D eigenvalue weighted by Crippen LogP contribution is -2.15. The lowest BCUT2D eigenvalue weighted by Gasteiger charge is -2.15. The van der Waals surface area contributed by atoms with E-state index in [1.165, 1.54) is 7.11 Å². The number of rotatable bonds is 4. The number of methoxy groups -OCH3 is 3. The number of benzene rings is 1. The van der Waals surface area contributed by atoms with Gasteiger partial charge in [-0.05, 0) is 32.0 Å². The predicted molar refractivity (Wildman–Crippen MR) is 76.9 cm³/mol. The van der Waals surface area contributed by atoms with E-state index in [-0.39, 0.29) is 5.41 Å². The van der Waals surface area contributed by atoms with Gasteiger partial charge in [-0.25, -0.2) is 4.79 Å². The third-order valence-corrected chi connectivity index (χ3v) is 2.66. The molecule has 0 saturated heterocycles. The molecule has 0 amide bonds. The van der Waals surface area contributed by atoms with E-state index < -0.39 is 5.97 Å². The summed E-state index contributed by atoms with van der Waals surface area (Å²) < 4.78 is 15.1. The zero-order valence-corrected chi connectivity index (χ0v) is 12.6. The highest BCUT2D eigenvalue weighted by Gasteiger charge is 2.14. The Morgan fingerprint density at radius 1 is 1.25 bits per heavy atom.